The Labute approximate surface area is 303 Å². The molecule has 2 N–H and O–H groups in total. The molecule has 0 spiro atoms. The molecular weight excluding hydrogens is 643 g/mol. The van der Waals surface area contributed by atoms with E-state index < -0.39 is 0 Å². The van der Waals surface area contributed by atoms with Gasteiger partial charge in [0, 0.05) is 43.7 Å². The number of morpholine rings is 1. The van der Waals surface area contributed by atoms with E-state index in [2.05, 4.69) is 30.7 Å². The number of ether oxygens (including phenoxy) is 2. The molecule has 276 valence electrons. The predicted octanol–water partition coefficient (Wildman–Crippen LogP) is 8.26. The second-order valence-corrected chi connectivity index (χ2v) is 13.5. The normalized spacial score (nSPS) is 20.4. The van der Waals surface area contributed by atoms with Crippen molar-refractivity contribution in [3.05, 3.63) is 82.7 Å². The summed E-state index contributed by atoms with van der Waals surface area (Å²) in [5, 5.41) is 0.437. The molecule has 4 aliphatic rings. The van der Waals surface area contributed by atoms with Crippen LogP contribution in [0.2, 0.25) is 0 Å². The Hall–Kier alpha value is -4.31. The van der Waals surface area contributed by atoms with Crippen molar-refractivity contribution in [3.63, 3.8) is 0 Å². The molecule has 4 fully saturated rings. The molecule has 8 rings (SSSR count). The highest BCUT2D eigenvalue weighted by Crippen LogP contribution is 2.61. The first-order valence-electron chi connectivity index (χ1n) is 18.6. The lowest BCUT2D eigenvalue weighted by Gasteiger charge is -2.59. The third-order valence-electron chi connectivity index (χ3n) is 10.5. The van der Waals surface area contributed by atoms with Crippen LogP contribution >= 0.6 is 0 Å². The molecule has 10 heteroatoms. The summed E-state index contributed by atoms with van der Waals surface area (Å²) in [5.41, 5.74) is 8.94. The summed E-state index contributed by atoms with van der Waals surface area (Å²) >= 11 is 0. The van der Waals surface area contributed by atoms with Gasteiger partial charge in [-0.15, -0.1) is 0 Å². The van der Waals surface area contributed by atoms with Crippen LogP contribution in [0.3, 0.4) is 0 Å². The van der Waals surface area contributed by atoms with Gasteiger partial charge in [-0.3, -0.25) is 14.3 Å². The zero-order valence-corrected chi connectivity index (χ0v) is 31.8. The number of aliphatic imine (C=N–C) groups is 1. The lowest BCUT2D eigenvalue weighted by atomic mass is 9.46. The van der Waals surface area contributed by atoms with Crippen LogP contribution < -0.4 is 16.0 Å². The maximum absolute atomic E-state index is 14.6. The highest BCUT2D eigenvalue weighted by molar-refractivity contribution is 5.86. The number of nitrogens with two attached hydrogens (primary N) is 1. The molecule has 3 heterocycles. The largest absolute Gasteiger partial charge is 0.497 e. The van der Waals surface area contributed by atoms with Crippen molar-refractivity contribution >= 4 is 22.5 Å². The van der Waals surface area contributed by atoms with Crippen molar-refractivity contribution in [2.75, 3.05) is 33.4 Å². The van der Waals surface area contributed by atoms with Crippen LogP contribution in [0.25, 0.3) is 22.3 Å². The summed E-state index contributed by atoms with van der Waals surface area (Å²) in [4.78, 5) is 29.1. The van der Waals surface area contributed by atoms with Crippen LogP contribution in [-0.2, 0) is 17.7 Å². The summed E-state index contributed by atoms with van der Waals surface area (Å²) < 4.78 is 26.6. The van der Waals surface area contributed by atoms with Crippen molar-refractivity contribution in [3.8, 4) is 17.1 Å². The fraction of sp³-hybridized carbons (Fsp3) is 0.512. The molecule has 2 aromatic heterocycles. The van der Waals surface area contributed by atoms with E-state index in [1.54, 1.807) is 53.4 Å². The molecule has 4 aromatic rings. The second-order valence-electron chi connectivity index (χ2n) is 13.5. The van der Waals surface area contributed by atoms with E-state index in [0.717, 1.165) is 17.8 Å². The molecule has 3 atom stereocenters. The van der Waals surface area contributed by atoms with E-state index in [9.17, 15) is 9.18 Å². The van der Waals surface area contributed by atoms with Gasteiger partial charge < -0.3 is 20.1 Å². The molecule has 3 unspecified atom stereocenters. The summed E-state index contributed by atoms with van der Waals surface area (Å²) in [5.74, 6) is 4.05. The Morgan fingerprint density at radius 3 is 2.41 bits per heavy atom. The molecule has 2 bridgehead atoms. The molecule has 51 heavy (non-hydrogen) atoms. The molecule has 9 nitrogen and oxygen atoms in total. The van der Waals surface area contributed by atoms with Crippen LogP contribution in [0.15, 0.2) is 70.7 Å². The zero-order chi connectivity index (χ0) is 37.1. The third-order valence-corrected chi connectivity index (χ3v) is 10.5. The first-order valence-corrected chi connectivity index (χ1v) is 18.6. The number of fused-ring (bicyclic) bond motifs is 3. The Kier molecular flexibility index (Phi) is 14.1. The van der Waals surface area contributed by atoms with Gasteiger partial charge in [-0.2, -0.15) is 0 Å². The minimum atomic E-state index is -0.385. The van der Waals surface area contributed by atoms with Gasteiger partial charge in [0.05, 0.1) is 36.9 Å². The Morgan fingerprint density at radius 1 is 1.08 bits per heavy atom. The number of rotatable bonds is 6. The smallest absolute Gasteiger partial charge is 0.261 e. The lowest BCUT2D eigenvalue weighted by molar-refractivity contribution is -0.0988. The number of benzene rings is 2. The molecule has 0 amide bonds. The van der Waals surface area contributed by atoms with Crippen molar-refractivity contribution in [1.82, 2.24) is 19.4 Å². The maximum Gasteiger partial charge on any atom is 0.261 e. The Balaban J connectivity index is 0.000000350. The van der Waals surface area contributed by atoms with Crippen LogP contribution in [0.5, 0.6) is 5.75 Å². The number of nitrogens with zero attached hydrogens (tertiary/aromatic N) is 5. The number of pyridine rings is 1. The van der Waals surface area contributed by atoms with Crippen molar-refractivity contribution in [1.29, 1.82) is 0 Å². The van der Waals surface area contributed by atoms with Crippen molar-refractivity contribution < 1.29 is 13.9 Å². The number of methoxy groups -OCH3 is 1. The van der Waals surface area contributed by atoms with Gasteiger partial charge in [0.25, 0.3) is 5.56 Å². The highest BCUT2D eigenvalue weighted by Gasteiger charge is 2.52. The van der Waals surface area contributed by atoms with Gasteiger partial charge in [0.2, 0.25) is 0 Å². The molecule has 0 radical (unpaired) electrons. The maximum atomic E-state index is 14.6. The topological polar surface area (TPSA) is 108 Å². The first kappa shape index (κ1) is 39.5. The van der Waals surface area contributed by atoms with Crippen LogP contribution in [0.1, 0.15) is 73.3 Å². The lowest BCUT2D eigenvalue weighted by Crippen LogP contribution is -2.51. The Morgan fingerprint density at radius 2 is 1.82 bits per heavy atom. The van der Waals surface area contributed by atoms with Gasteiger partial charge in [-0.1, -0.05) is 61.0 Å². The second kappa shape index (κ2) is 18.3. The highest BCUT2D eigenvalue weighted by atomic mass is 19.1. The molecule has 1 saturated heterocycles. The van der Waals surface area contributed by atoms with Gasteiger partial charge in [-0.05, 0) is 84.4 Å². The number of halogens is 1. The standard InChI is InChI=1S/C27H27FN6O3.C10H18.2C2H6/c1-36-21-6-4-18(23(28)16-21)8-10-34-25(19-3-2-9-30-17-19)32-24-15-20(5-7-22(24)26(34)35)31-27(29)33-11-13-37-14-12-33;1-7-4-5-8-6-9(7)10(8,2)3;2*1-2/h2-7,9,15-17H,8,10-14H2,1H3,(H2,29,31);7-9H,4-6H2,1-3H3;2*1-2H3. The van der Waals surface area contributed by atoms with Crippen LogP contribution in [0.4, 0.5) is 10.1 Å². The fourth-order valence-corrected chi connectivity index (χ4v) is 7.46. The monoisotopic (exact) mass is 700 g/mol. The van der Waals surface area contributed by atoms with Gasteiger partial charge in [-0.25, -0.2) is 14.4 Å². The zero-order valence-electron chi connectivity index (χ0n) is 31.8. The first-order chi connectivity index (χ1) is 24.7. The third kappa shape index (κ3) is 9.14. The molecule has 2 aromatic carbocycles. The number of hydrogen-bond acceptors (Lipinski definition) is 6. The number of hydrogen-bond donors (Lipinski definition) is 1. The predicted molar refractivity (Wildman–Crippen MR) is 206 cm³/mol. The number of aromatic nitrogens is 3. The average Bonchev–Trinajstić information content (AvgIpc) is 3.17. The van der Waals surface area contributed by atoms with E-state index in [4.69, 9.17) is 20.2 Å². The van der Waals surface area contributed by atoms with Crippen molar-refractivity contribution in [2.24, 2.45) is 33.9 Å². The minimum Gasteiger partial charge on any atom is -0.497 e. The van der Waals surface area contributed by atoms with Gasteiger partial charge >= 0.3 is 0 Å². The van der Waals surface area contributed by atoms with Crippen LogP contribution in [0, 0.1) is 29.0 Å². The molecule has 1 aliphatic heterocycles. The van der Waals surface area contributed by atoms with Gasteiger partial charge in [0.15, 0.2) is 5.96 Å². The summed E-state index contributed by atoms with van der Waals surface area (Å²) in [7, 11) is 1.49. The van der Waals surface area contributed by atoms with Crippen LogP contribution in [-0.4, -0.2) is 58.8 Å². The average molecular weight is 701 g/mol. The summed E-state index contributed by atoms with van der Waals surface area (Å²) in [6.07, 6.45) is 8.14. The SMILES string of the molecule is CC.CC.CC1CCC2CC1C2(C)C.COc1ccc(CCn2c(-c3cccnc3)nc3cc(N=C(N)N4CCOCC4)ccc3c2=O)c(F)c1. The van der Waals surface area contributed by atoms with E-state index in [1.165, 1.54) is 32.4 Å². The van der Waals surface area contributed by atoms with E-state index in [0.29, 0.717) is 83.4 Å². The molecular formula is C41H57FN6O3. The number of guanidine groups is 1. The summed E-state index contributed by atoms with van der Waals surface area (Å²) in [6, 6.07) is 13.5. The molecule has 3 saturated carbocycles. The van der Waals surface area contributed by atoms with E-state index in [-0.39, 0.29) is 17.9 Å². The number of aryl methyl sites for hydroxylation is 1. The van der Waals surface area contributed by atoms with E-state index in [1.807, 2.05) is 38.7 Å². The minimum absolute atomic E-state index is 0.227. The van der Waals surface area contributed by atoms with Gasteiger partial charge in [0.1, 0.15) is 17.4 Å². The quantitative estimate of drug-likeness (QED) is 0.159. The summed E-state index contributed by atoms with van der Waals surface area (Å²) in [6.45, 7) is 18.1. The Bertz CT molecular complexity index is 1800. The molecule has 3 aliphatic carbocycles. The van der Waals surface area contributed by atoms with E-state index >= 15 is 0 Å². The van der Waals surface area contributed by atoms with Crippen molar-refractivity contribution in [2.45, 2.75) is 80.7 Å². The fourth-order valence-electron chi connectivity index (χ4n) is 7.46.